The zero-order valence-corrected chi connectivity index (χ0v) is 16.9. The average Bonchev–Trinajstić information content (AvgIpc) is 3.13. The molecule has 0 aliphatic carbocycles. The third-order valence-electron chi connectivity index (χ3n) is 3.72. The highest BCUT2D eigenvalue weighted by Gasteiger charge is 2.22. The lowest BCUT2D eigenvalue weighted by Crippen LogP contribution is -2.27. The van der Waals surface area contributed by atoms with Crippen molar-refractivity contribution in [2.45, 2.75) is 18.0 Å². The summed E-state index contributed by atoms with van der Waals surface area (Å²) in [6, 6.07) is 15.9. The minimum Gasteiger partial charge on any atom is -0.223 e. The van der Waals surface area contributed by atoms with Gasteiger partial charge in [-0.05, 0) is 36.8 Å². The van der Waals surface area contributed by atoms with E-state index in [1.807, 2.05) is 30.3 Å². The Hall–Kier alpha value is -2.05. The van der Waals surface area contributed by atoms with Gasteiger partial charge in [0.05, 0.1) is 11.6 Å². The van der Waals surface area contributed by atoms with Crippen LogP contribution in [0.15, 0.2) is 63.4 Å². The molecule has 0 saturated heterocycles. The largest absolute Gasteiger partial charge is 0.259 e. The van der Waals surface area contributed by atoms with Gasteiger partial charge in [-0.3, -0.25) is 0 Å². The number of aromatic nitrogens is 1. The van der Waals surface area contributed by atoms with Crippen LogP contribution < -0.4 is 4.72 Å². The summed E-state index contributed by atoms with van der Waals surface area (Å²) >= 11 is 4.65. The van der Waals surface area contributed by atoms with Gasteiger partial charge in [0.25, 0.3) is 10.0 Å². The number of nitrogens with zero attached hydrogens (tertiary/aromatic N) is 2. The summed E-state index contributed by atoms with van der Waals surface area (Å²) in [5.74, 6) is 0. The molecule has 1 atom stereocenters. The maximum absolute atomic E-state index is 12.6. The van der Waals surface area contributed by atoms with E-state index in [-0.39, 0.29) is 5.03 Å². The van der Waals surface area contributed by atoms with Crippen LogP contribution in [0.2, 0.25) is 0 Å². The van der Waals surface area contributed by atoms with Gasteiger partial charge in [0.2, 0.25) is 0 Å². The molecule has 0 saturated carbocycles. The van der Waals surface area contributed by atoms with Crippen LogP contribution in [0.3, 0.4) is 0 Å². The van der Waals surface area contributed by atoms with E-state index in [9.17, 15) is 8.42 Å². The average molecular weight is 448 g/mol. The Morgan fingerprint density at radius 2 is 1.81 bits per heavy atom. The summed E-state index contributed by atoms with van der Waals surface area (Å²) in [6.07, 6.45) is 0. The first-order valence-electron chi connectivity index (χ1n) is 7.63. The van der Waals surface area contributed by atoms with Gasteiger partial charge in [0, 0.05) is 21.5 Å². The minimum atomic E-state index is -3.74. The molecule has 0 aliphatic heterocycles. The quantitative estimate of drug-likeness (QED) is 0.624. The Bertz CT molecular complexity index is 1050. The predicted octanol–water partition coefficient (Wildman–Crippen LogP) is 4.48. The number of thiazole rings is 1. The molecule has 3 rings (SSSR count). The first-order valence-corrected chi connectivity index (χ1v) is 10.8. The molecule has 1 N–H and O–H groups in total. The van der Waals surface area contributed by atoms with Gasteiger partial charge in [0.1, 0.15) is 5.01 Å². The van der Waals surface area contributed by atoms with E-state index in [0.717, 1.165) is 15.6 Å². The topological polar surface area (TPSA) is 82.8 Å². The van der Waals surface area contributed by atoms with Crippen LogP contribution in [0.25, 0.3) is 10.6 Å². The first kappa shape index (κ1) is 18.7. The van der Waals surface area contributed by atoms with Crippen molar-refractivity contribution in [3.63, 3.8) is 0 Å². The number of rotatable bonds is 5. The summed E-state index contributed by atoms with van der Waals surface area (Å²) in [4.78, 5) is 4.27. The zero-order chi connectivity index (χ0) is 18.7. The summed E-state index contributed by atoms with van der Waals surface area (Å²) in [5, 5.41) is 11.0. The van der Waals surface area contributed by atoms with Crippen molar-refractivity contribution in [1.82, 2.24) is 9.71 Å². The van der Waals surface area contributed by atoms with Gasteiger partial charge in [0.15, 0.2) is 5.03 Å². The van der Waals surface area contributed by atoms with Crippen LogP contribution in [0.1, 0.15) is 24.1 Å². The fraction of sp³-hybridized carbons (Fsp3) is 0.111. The SMILES string of the molecule is CC(NS(=O)(=O)c1csc(-c2ccc(Br)cc2)n1)c1ccc(C#N)cc1. The molecule has 1 unspecified atom stereocenters. The van der Waals surface area contributed by atoms with Crippen molar-refractivity contribution in [1.29, 1.82) is 5.26 Å². The Morgan fingerprint density at radius 3 is 2.42 bits per heavy atom. The lowest BCUT2D eigenvalue weighted by molar-refractivity contribution is 0.564. The van der Waals surface area contributed by atoms with E-state index < -0.39 is 16.1 Å². The van der Waals surface area contributed by atoms with Gasteiger partial charge in [-0.25, -0.2) is 18.1 Å². The van der Waals surface area contributed by atoms with Crippen molar-refractivity contribution in [2.75, 3.05) is 0 Å². The third kappa shape index (κ3) is 4.19. The maximum atomic E-state index is 12.6. The molecule has 8 heteroatoms. The molecule has 0 radical (unpaired) electrons. The Kier molecular flexibility index (Phi) is 5.53. The van der Waals surface area contributed by atoms with Crippen molar-refractivity contribution < 1.29 is 8.42 Å². The number of halogens is 1. The normalized spacial score (nSPS) is 12.5. The molecule has 5 nitrogen and oxygen atoms in total. The monoisotopic (exact) mass is 447 g/mol. The fourth-order valence-electron chi connectivity index (χ4n) is 2.31. The number of nitrogens with one attached hydrogen (secondary N) is 1. The number of sulfonamides is 1. The molecule has 0 fully saturated rings. The third-order valence-corrected chi connectivity index (χ3v) is 6.71. The lowest BCUT2D eigenvalue weighted by atomic mass is 10.1. The van der Waals surface area contributed by atoms with E-state index in [2.05, 4.69) is 25.6 Å². The summed E-state index contributed by atoms with van der Waals surface area (Å²) in [5.41, 5.74) is 2.16. The number of nitriles is 1. The smallest absolute Gasteiger partial charge is 0.223 e. The molecule has 0 aliphatic rings. The highest BCUT2D eigenvalue weighted by atomic mass is 79.9. The molecular formula is C18H14BrN3O2S2. The molecule has 132 valence electrons. The molecule has 26 heavy (non-hydrogen) atoms. The van der Waals surface area contributed by atoms with Crippen molar-refractivity contribution in [3.05, 3.63) is 69.5 Å². The highest BCUT2D eigenvalue weighted by Crippen LogP contribution is 2.27. The lowest BCUT2D eigenvalue weighted by Gasteiger charge is -2.13. The Labute approximate surface area is 164 Å². The second-order valence-electron chi connectivity index (χ2n) is 5.57. The van der Waals surface area contributed by atoms with E-state index in [4.69, 9.17) is 5.26 Å². The van der Waals surface area contributed by atoms with Crippen LogP contribution in [-0.2, 0) is 10.0 Å². The summed E-state index contributed by atoms with van der Waals surface area (Å²) < 4.78 is 28.8. The second kappa shape index (κ2) is 7.68. The molecule has 1 heterocycles. The summed E-state index contributed by atoms with van der Waals surface area (Å²) in [7, 11) is -3.74. The molecule has 2 aromatic carbocycles. The van der Waals surface area contributed by atoms with Crippen molar-refractivity contribution >= 4 is 37.3 Å². The van der Waals surface area contributed by atoms with Gasteiger partial charge in [-0.2, -0.15) is 5.26 Å². The van der Waals surface area contributed by atoms with Gasteiger partial charge in [-0.15, -0.1) is 11.3 Å². The molecule has 0 spiro atoms. The van der Waals surface area contributed by atoms with Crippen LogP contribution in [0.4, 0.5) is 0 Å². The van der Waals surface area contributed by atoms with Crippen LogP contribution in [-0.4, -0.2) is 13.4 Å². The maximum Gasteiger partial charge on any atom is 0.259 e. The van der Waals surface area contributed by atoms with Crippen LogP contribution in [0.5, 0.6) is 0 Å². The van der Waals surface area contributed by atoms with Gasteiger partial charge in [-0.1, -0.05) is 40.2 Å². The number of benzene rings is 2. The highest BCUT2D eigenvalue weighted by molar-refractivity contribution is 9.10. The number of hydrogen-bond donors (Lipinski definition) is 1. The molecule has 3 aromatic rings. The Morgan fingerprint density at radius 1 is 1.15 bits per heavy atom. The van der Waals surface area contributed by atoms with E-state index >= 15 is 0 Å². The first-order chi connectivity index (χ1) is 12.4. The predicted molar refractivity (Wildman–Crippen MR) is 105 cm³/mol. The molecular weight excluding hydrogens is 434 g/mol. The zero-order valence-electron chi connectivity index (χ0n) is 13.7. The fourth-order valence-corrected chi connectivity index (χ4v) is 4.91. The van der Waals surface area contributed by atoms with Crippen LogP contribution in [0, 0.1) is 11.3 Å². The second-order valence-corrected chi connectivity index (χ2v) is 9.01. The summed E-state index contributed by atoms with van der Waals surface area (Å²) in [6.45, 7) is 1.75. The standard InChI is InChI=1S/C18H14BrN3O2S2/c1-12(14-4-2-13(10-20)3-5-14)22-26(23,24)17-11-25-18(21-17)15-6-8-16(19)9-7-15/h2-9,11-12,22H,1H3. The van der Waals surface area contributed by atoms with Crippen molar-refractivity contribution in [3.8, 4) is 16.6 Å². The molecule has 0 amide bonds. The van der Waals surface area contributed by atoms with E-state index in [1.54, 1.807) is 31.2 Å². The molecule has 0 bridgehead atoms. The van der Waals surface area contributed by atoms with Gasteiger partial charge >= 0.3 is 0 Å². The van der Waals surface area contributed by atoms with E-state index in [0.29, 0.717) is 10.6 Å². The Balaban J connectivity index is 1.79. The van der Waals surface area contributed by atoms with Crippen molar-refractivity contribution in [2.24, 2.45) is 0 Å². The molecule has 1 aromatic heterocycles. The minimum absolute atomic E-state index is 0.000846. The van der Waals surface area contributed by atoms with Crippen LogP contribution >= 0.6 is 27.3 Å². The number of hydrogen-bond acceptors (Lipinski definition) is 5. The van der Waals surface area contributed by atoms with Gasteiger partial charge < -0.3 is 0 Å². The van der Waals surface area contributed by atoms with E-state index in [1.165, 1.54) is 16.7 Å².